The lowest BCUT2D eigenvalue weighted by Gasteiger charge is -2.14. The van der Waals surface area contributed by atoms with Crippen LogP contribution in [0.2, 0.25) is 0 Å². The first-order chi connectivity index (χ1) is 9.47. The summed E-state index contributed by atoms with van der Waals surface area (Å²) in [4.78, 5) is 1.33. The minimum atomic E-state index is 0.0833. The first-order valence-corrected chi connectivity index (χ1v) is 7.98. The van der Waals surface area contributed by atoms with Crippen LogP contribution in [0.3, 0.4) is 0 Å². The normalized spacial score (nSPS) is 12.4. The molecule has 0 heterocycles. The van der Waals surface area contributed by atoms with Gasteiger partial charge in [-0.3, -0.25) is 0 Å². The summed E-state index contributed by atoms with van der Waals surface area (Å²) in [6.07, 6.45) is 0. The summed E-state index contributed by atoms with van der Waals surface area (Å²) in [5, 5.41) is 0. The van der Waals surface area contributed by atoms with Crippen molar-refractivity contribution < 1.29 is 0 Å². The standard InChI is InChI=1S/C18H23NS/c1-12-5-8-18(15(4)9-12)20-11-17(19)16-7-6-13(2)14(3)10-16/h5-10,17H,11,19H2,1-4H3. The molecule has 2 aromatic carbocycles. The van der Waals surface area contributed by atoms with Gasteiger partial charge in [0.25, 0.3) is 0 Å². The summed E-state index contributed by atoms with van der Waals surface area (Å²) in [5.74, 6) is 0.909. The van der Waals surface area contributed by atoms with E-state index in [9.17, 15) is 0 Å². The van der Waals surface area contributed by atoms with Crippen LogP contribution in [-0.4, -0.2) is 5.75 Å². The maximum Gasteiger partial charge on any atom is 0.0390 e. The first kappa shape index (κ1) is 15.1. The molecule has 2 heteroatoms. The Morgan fingerprint density at radius 3 is 2.30 bits per heavy atom. The van der Waals surface area contributed by atoms with Crippen molar-refractivity contribution in [1.29, 1.82) is 0 Å². The number of hydrogen-bond acceptors (Lipinski definition) is 2. The smallest absolute Gasteiger partial charge is 0.0390 e. The van der Waals surface area contributed by atoms with Gasteiger partial charge in [0, 0.05) is 16.7 Å². The second-order valence-electron chi connectivity index (χ2n) is 5.53. The third kappa shape index (κ3) is 3.65. The molecular weight excluding hydrogens is 262 g/mol. The lowest BCUT2D eigenvalue weighted by atomic mass is 10.0. The van der Waals surface area contributed by atoms with Gasteiger partial charge in [-0.05, 0) is 56.0 Å². The molecule has 1 nitrogen and oxygen atoms in total. The van der Waals surface area contributed by atoms with E-state index in [-0.39, 0.29) is 6.04 Å². The van der Waals surface area contributed by atoms with Crippen molar-refractivity contribution in [2.45, 2.75) is 38.6 Å². The zero-order valence-electron chi connectivity index (χ0n) is 12.7. The number of aryl methyl sites for hydroxylation is 4. The van der Waals surface area contributed by atoms with E-state index >= 15 is 0 Å². The molecule has 2 aromatic rings. The Hall–Kier alpha value is -1.25. The van der Waals surface area contributed by atoms with Gasteiger partial charge in [0.2, 0.25) is 0 Å². The number of thioether (sulfide) groups is 1. The highest BCUT2D eigenvalue weighted by Crippen LogP contribution is 2.27. The topological polar surface area (TPSA) is 26.0 Å². The van der Waals surface area contributed by atoms with Crippen LogP contribution in [0.5, 0.6) is 0 Å². The van der Waals surface area contributed by atoms with Gasteiger partial charge in [0.15, 0.2) is 0 Å². The van der Waals surface area contributed by atoms with Gasteiger partial charge in [0.1, 0.15) is 0 Å². The van der Waals surface area contributed by atoms with Crippen LogP contribution in [-0.2, 0) is 0 Å². The van der Waals surface area contributed by atoms with E-state index in [2.05, 4.69) is 64.1 Å². The van der Waals surface area contributed by atoms with Gasteiger partial charge in [-0.15, -0.1) is 11.8 Å². The van der Waals surface area contributed by atoms with E-state index in [1.807, 2.05) is 11.8 Å². The monoisotopic (exact) mass is 285 g/mol. The molecule has 0 aliphatic heterocycles. The summed E-state index contributed by atoms with van der Waals surface area (Å²) >= 11 is 1.84. The molecule has 1 atom stereocenters. The van der Waals surface area contributed by atoms with Crippen LogP contribution in [0.25, 0.3) is 0 Å². The largest absolute Gasteiger partial charge is 0.323 e. The van der Waals surface area contributed by atoms with Crippen LogP contribution >= 0.6 is 11.8 Å². The fraction of sp³-hybridized carbons (Fsp3) is 0.333. The summed E-state index contributed by atoms with van der Waals surface area (Å²) in [6.45, 7) is 8.57. The maximum atomic E-state index is 6.32. The third-order valence-corrected chi connectivity index (χ3v) is 5.00. The predicted octanol–water partition coefficient (Wildman–Crippen LogP) is 4.71. The van der Waals surface area contributed by atoms with Crippen LogP contribution in [0.1, 0.15) is 33.9 Å². The Labute approximate surface area is 126 Å². The quantitative estimate of drug-likeness (QED) is 0.823. The van der Waals surface area contributed by atoms with E-state index in [1.165, 1.54) is 32.7 Å². The van der Waals surface area contributed by atoms with E-state index < -0.39 is 0 Å². The minimum absolute atomic E-state index is 0.0833. The Morgan fingerprint density at radius 2 is 1.65 bits per heavy atom. The van der Waals surface area contributed by atoms with Gasteiger partial charge < -0.3 is 5.73 Å². The number of benzene rings is 2. The highest BCUT2D eigenvalue weighted by Gasteiger charge is 2.09. The fourth-order valence-electron chi connectivity index (χ4n) is 2.23. The molecule has 0 saturated heterocycles. The molecule has 2 rings (SSSR count). The molecule has 0 amide bonds. The molecule has 0 radical (unpaired) electrons. The lowest BCUT2D eigenvalue weighted by molar-refractivity contribution is 0.829. The third-order valence-electron chi connectivity index (χ3n) is 3.71. The van der Waals surface area contributed by atoms with E-state index in [1.54, 1.807) is 0 Å². The zero-order chi connectivity index (χ0) is 14.7. The summed E-state index contributed by atoms with van der Waals surface area (Å²) < 4.78 is 0. The minimum Gasteiger partial charge on any atom is -0.323 e. The highest BCUT2D eigenvalue weighted by atomic mass is 32.2. The zero-order valence-corrected chi connectivity index (χ0v) is 13.6. The van der Waals surface area contributed by atoms with Crippen molar-refractivity contribution in [1.82, 2.24) is 0 Å². The number of nitrogens with two attached hydrogens (primary N) is 1. The van der Waals surface area contributed by atoms with Crippen LogP contribution in [0.4, 0.5) is 0 Å². The van der Waals surface area contributed by atoms with Gasteiger partial charge >= 0.3 is 0 Å². The maximum absolute atomic E-state index is 6.32. The van der Waals surface area contributed by atoms with E-state index in [4.69, 9.17) is 5.73 Å². The molecule has 2 N–H and O–H groups in total. The average molecular weight is 285 g/mol. The highest BCUT2D eigenvalue weighted by molar-refractivity contribution is 7.99. The summed E-state index contributed by atoms with van der Waals surface area (Å²) in [5.41, 5.74) is 12.8. The Morgan fingerprint density at radius 1 is 0.900 bits per heavy atom. The Balaban J connectivity index is 2.04. The second kappa shape index (κ2) is 6.47. The Kier molecular flexibility index (Phi) is 4.90. The Bertz CT molecular complexity index is 604. The molecular formula is C18H23NS. The van der Waals surface area contributed by atoms with Crippen molar-refractivity contribution in [2.24, 2.45) is 5.73 Å². The lowest BCUT2D eigenvalue weighted by Crippen LogP contribution is -2.13. The second-order valence-corrected chi connectivity index (χ2v) is 6.59. The van der Waals surface area contributed by atoms with E-state index in [0.717, 1.165) is 5.75 Å². The number of rotatable bonds is 4. The predicted molar refractivity (Wildman–Crippen MR) is 89.5 cm³/mol. The molecule has 0 fully saturated rings. The molecule has 0 bridgehead atoms. The number of hydrogen-bond donors (Lipinski definition) is 1. The molecule has 106 valence electrons. The fourth-order valence-corrected chi connectivity index (χ4v) is 3.23. The van der Waals surface area contributed by atoms with Crippen molar-refractivity contribution in [3.05, 3.63) is 64.2 Å². The van der Waals surface area contributed by atoms with Crippen molar-refractivity contribution in [3.63, 3.8) is 0 Å². The molecule has 0 aliphatic carbocycles. The molecule has 0 saturated carbocycles. The SMILES string of the molecule is Cc1ccc(SCC(N)c2ccc(C)c(C)c2)c(C)c1. The van der Waals surface area contributed by atoms with Gasteiger partial charge in [0.05, 0.1) is 0 Å². The van der Waals surface area contributed by atoms with Crippen LogP contribution < -0.4 is 5.73 Å². The van der Waals surface area contributed by atoms with Crippen molar-refractivity contribution >= 4 is 11.8 Å². The van der Waals surface area contributed by atoms with Crippen molar-refractivity contribution in [2.75, 3.05) is 5.75 Å². The molecule has 0 aromatic heterocycles. The van der Waals surface area contributed by atoms with E-state index in [0.29, 0.717) is 0 Å². The van der Waals surface area contributed by atoms with Crippen molar-refractivity contribution in [3.8, 4) is 0 Å². The molecule has 0 spiro atoms. The average Bonchev–Trinajstić information content (AvgIpc) is 2.40. The first-order valence-electron chi connectivity index (χ1n) is 7.00. The summed E-state index contributed by atoms with van der Waals surface area (Å²) in [7, 11) is 0. The van der Waals surface area contributed by atoms with Gasteiger partial charge in [-0.1, -0.05) is 35.9 Å². The summed E-state index contributed by atoms with van der Waals surface area (Å²) in [6, 6.07) is 13.2. The van der Waals surface area contributed by atoms with Gasteiger partial charge in [-0.2, -0.15) is 0 Å². The molecule has 20 heavy (non-hydrogen) atoms. The van der Waals surface area contributed by atoms with Crippen LogP contribution in [0.15, 0.2) is 41.3 Å². The van der Waals surface area contributed by atoms with Crippen LogP contribution in [0, 0.1) is 27.7 Å². The molecule has 0 aliphatic rings. The van der Waals surface area contributed by atoms with Gasteiger partial charge in [-0.25, -0.2) is 0 Å². The molecule has 1 unspecified atom stereocenters.